The molecule has 0 aliphatic carbocycles. The van der Waals surface area contributed by atoms with Gasteiger partial charge in [-0.1, -0.05) is 13.0 Å². The van der Waals surface area contributed by atoms with Crippen molar-refractivity contribution in [1.82, 2.24) is 0 Å². The minimum absolute atomic E-state index is 0.710. The Morgan fingerprint density at radius 2 is 1.83 bits per heavy atom. The van der Waals surface area contributed by atoms with Gasteiger partial charge in [-0.2, -0.15) is 0 Å². The van der Waals surface area contributed by atoms with Gasteiger partial charge in [0.15, 0.2) is 6.10 Å². The number of aliphatic hydroxyl groups is 1. The summed E-state index contributed by atoms with van der Waals surface area (Å²) >= 11 is 0. The maximum Gasteiger partial charge on any atom is 0.333 e. The van der Waals surface area contributed by atoms with Gasteiger partial charge in [0.05, 0.1) is 0 Å². The molecule has 0 aliphatic heterocycles. The summed E-state index contributed by atoms with van der Waals surface area (Å²) in [6, 6.07) is 0. The fourth-order valence-electron chi connectivity index (χ4n) is 0.564. The molecule has 0 aromatic rings. The number of hydrogen-bond acceptors (Lipinski definition) is 3. The Morgan fingerprint density at radius 3 is 2.17 bits per heavy atom. The Bertz CT molecular complexity index is 208. The molecule has 0 bridgehead atoms. The van der Waals surface area contributed by atoms with Gasteiger partial charge in [0.1, 0.15) is 0 Å². The predicted octanol–water partition coefficient (Wildman–Crippen LogP) is -0.291. The third-order valence-corrected chi connectivity index (χ3v) is 1.29. The molecule has 0 amide bonds. The number of carboxylic acid groups (broad SMARTS) is 2. The lowest BCUT2D eigenvalue weighted by atomic mass is 10.1. The van der Waals surface area contributed by atoms with E-state index in [1.54, 1.807) is 0 Å². The quantitative estimate of drug-likeness (QED) is 0.509. The molecule has 0 fully saturated rings. The van der Waals surface area contributed by atoms with Crippen LogP contribution in [-0.4, -0.2) is 33.4 Å². The molecule has 0 aliphatic rings. The number of carboxylic acids is 2. The normalized spacial score (nSPS) is 15.8. The maximum absolute atomic E-state index is 10.2. The Balaban J connectivity index is 4.12. The van der Waals surface area contributed by atoms with Gasteiger partial charge in [-0.05, 0) is 0 Å². The second-order valence-corrected chi connectivity index (χ2v) is 2.34. The van der Waals surface area contributed by atoms with Crippen molar-refractivity contribution >= 4 is 11.9 Å². The average Bonchev–Trinajstić information content (AvgIpc) is 1.98. The summed E-state index contributed by atoms with van der Waals surface area (Å²) in [5.41, 5.74) is 0. The molecule has 0 unspecified atom stereocenters. The Morgan fingerprint density at radius 1 is 1.33 bits per heavy atom. The molecule has 0 rings (SSSR count). The average molecular weight is 174 g/mol. The van der Waals surface area contributed by atoms with Crippen molar-refractivity contribution in [2.75, 3.05) is 0 Å². The van der Waals surface area contributed by atoms with E-state index in [9.17, 15) is 9.59 Å². The minimum Gasteiger partial charge on any atom is -0.479 e. The van der Waals surface area contributed by atoms with Crippen LogP contribution in [-0.2, 0) is 9.59 Å². The minimum atomic E-state index is -1.56. The van der Waals surface area contributed by atoms with Crippen LogP contribution in [0.2, 0.25) is 0 Å². The van der Waals surface area contributed by atoms with Crippen LogP contribution in [0.5, 0.6) is 0 Å². The maximum atomic E-state index is 10.2. The zero-order valence-corrected chi connectivity index (χ0v) is 6.47. The highest BCUT2D eigenvalue weighted by Crippen LogP contribution is 2.04. The number of carbonyl (C=O) groups is 2. The van der Waals surface area contributed by atoms with E-state index in [2.05, 4.69) is 0 Å². The van der Waals surface area contributed by atoms with Crippen LogP contribution in [0.4, 0.5) is 0 Å². The molecule has 0 aromatic heterocycles. The van der Waals surface area contributed by atoms with E-state index in [-0.39, 0.29) is 0 Å². The van der Waals surface area contributed by atoms with Crippen LogP contribution in [0.25, 0.3) is 0 Å². The molecule has 5 heteroatoms. The highest BCUT2D eigenvalue weighted by atomic mass is 16.4. The monoisotopic (exact) mass is 174 g/mol. The summed E-state index contributed by atoms with van der Waals surface area (Å²) in [6.07, 6.45) is 0.374. The molecule has 5 nitrogen and oxygen atoms in total. The number of aliphatic hydroxyl groups excluding tert-OH is 1. The molecule has 0 aromatic carbocycles. The number of aliphatic carboxylic acids is 2. The van der Waals surface area contributed by atoms with Crippen LogP contribution in [0, 0.1) is 5.92 Å². The smallest absolute Gasteiger partial charge is 0.333 e. The SMILES string of the molecule is C[C@H](/C=C/C(=O)O)[C@@H](O)C(=O)O. The zero-order chi connectivity index (χ0) is 9.72. The van der Waals surface area contributed by atoms with Crippen molar-refractivity contribution in [3.05, 3.63) is 12.2 Å². The fourth-order valence-corrected chi connectivity index (χ4v) is 0.564. The molecule has 0 radical (unpaired) electrons. The Labute approximate surface area is 68.9 Å². The van der Waals surface area contributed by atoms with Crippen LogP contribution >= 0.6 is 0 Å². The van der Waals surface area contributed by atoms with Gasteiger partial charge >= 0.3 is 11.9 Å². The Hall–Kier alpha value is -1.36. The molecule has 68 valence electrons. The van der Waals surface area contributed by atoms with E-state index in [1.165, 1.54) is 6.92 Å². The van der Waals surface area contributed by atoms with E-state index >= 15 is 0 Å². The summed E-state index contributed by atoms with van der Waals surface area (Å²) in [5, 5.41) is 25.3. The lowest BCUT2D eigenvalue weighted by Gasteiger charge is -2.08. The van der Waals surface area contributed by atoms with Crippen molar-refractivity contribution in [3.63, 3.8) is 0 Å². The standard InChI is InChI=1S/C7H10O5/c1-4(2-3-5(8)9)6(10)7(11)12/h2-4,6,10H,1H3,(H,8,9)(H,11,12)/b3-2+/t4-,6-/m1/s1. The van der Waals surface area contributed by atoms with Gasteiger partial charge in [-0.15, -0.1) is 0 Å². The van der Waals surface area contributed by atoms with Crippen LogP contribution < -0.4 is 0 Å². The first-order valence-electron chi connectivity index (χ1n) is 3.27. The molecule has 0 spiro atoms. The molecule has 0 saturated heterocycles. The van der Waals surface area contributed by atoms with Gasteiger partial charge in [-0.3, -0.25) is 0 Å². The molecule has 0 heterocycles. The highest BCUT2D eigenvalue weighted by Gasteiger charge is 2.18. The third-order valence-electron chi connectivity index (χ3n) is 1.29. The van der Waals surface area contributed by atoms with E-state index in [4.69, 9.17) is 15.3 Å². The number of rotatable bonds is 4. The van der Waals surface area contributed by atoms with Gasteiger partial charge in [0.25, 0.3) is 0 Å². The van der Waals surface area contributed by atoms with Crippen molar-refractivity contribution in [2.45, 2.75) is 13.0 Å². The molecule has 2 atom stereocenters. The second-order valence-electron chi connectivity index (χ2n) is 2.34. The van der Waals surface area contributed by atoms with Crippen molar-refractivity contribution in [1.29, 1.82) is 0 Å². The summed E-state index contributed by atoms with van der Waals surface area (Å²) in [5.74, 6) is -3.24. The van der Waals surface area contributed by atoms with Gasteiger partial charge < -0.3 is 15.3 Å². The van der Waals surface area contributed by atoms with E-state index in [0.29, 0.717) is 0 Å². The molecular formula is C7H10O5. The zero-order valence-electron chi connectivity index (χ0n) is 6.47. The van der Waals surface area contributed by atoms with Crippen LogP contribution in [0.15, 0.2) is 12.2 Å². The van der Waals surface area contributed by atoms with Gasteiger partial charge in [-0.25, -0.2) is 9.59 Å². The molecule has 3 N–H and O–H groups in total. The summed E-state index contributed by atoms with van der Waals surface area (Å²) in [7, 11) is 0. The van der Waals surface area contributed by atoms with Crippen molar-refractivity contribution in [3.8, 4) is 0 Å². The molecule has 0 saturated carbocycles. The molecule has 12 heavy (non-hydrogen) atoms. The highest BCUT2D eigenvalue weighted by molar-refractivity contribution is 5.80. The molecular weight excluding hydrogens is 164 g/mol. The first-order valence-corrected chi connectivity index (χ1v) is 3.27. The fraction of sp³-hybridized carbons (Fsp3) is 0.429. The topological polar surface area (TPSA) is 94.8 Å². The van der Waals surface area contributed by atoms with Crippen LogP contribution in [0.1, 0.15) is 6.92 Å². The van der Waals surface area contributed by atoms with E-state index in [1.807, 2.05) is 0 Å². The predicted molar refractivity (Wildman–Crippen MR) is 39.6 cm³/mol. The number of hydrogen-bond donors (Lipinski definition) is 3. The van der Waals surface area contributed by atoms with Gasteiger partial charge in [0, 0.05) is 12.0 Å². The Kier molecular flexibility index (Phi) is 3.99. The van der Waals surface area contributed by atoms with Gasteiger partial charge in [0.2, 0.25) is 0 Å². The summed E-state index contributed by atoms with van der Waals surface area (Å²) < 4.78 is 0. The van der Waals surface area contributed by atoms with E-state index in [0.717, 1.165) is 12.2 Å². The lowest BCUT2D eigenvalue weighted by molar-refractivity contribution is -0.148. The van der Waals surface area contributed by atoms with Crippen molar-refractivity contribution in [2.24, 2.45) is 5.92 Å². The second kappa shape index (κ2) is 4.50. The van der Waals surface area contributed by atoms with Crippen LogP contribution in [0.3, 0.4) is 0 Å². The first kappa shape index (κ1) is 10.6. The van der Waals surface area contributed by atoms with E-state index < -0.39 is 24.0 Å². The largest absolute Gasteiger partial charge is 0.479 e. The summed E-state index contributed by atoms with van der Waals surface area (Å²) in [4.78, 5) is 20.1. The third kappa shape index (κ3) is 3.72. The lowest BCUT2D eigenvalue weighted by Crippen LogP contribution is -2.26. The summed E-state index contributed by atoms with van der Waals surface area (Å²) in [6.45, 7) is 1.41. The van der Waals surface area contributed by atoms with Crippen molar-refractivity contribution < 1.29 is 24.9 Å². The first-order chi connectivity index (χ1) is 5.45.